The molecule has 1 aromatic carbocycles. The number of fused-ring (bicyclic) bond motifs is 2. The molecule has 3 aliphatic heterocycles. The summed E-state index contributed by atoms with van der Waals surface area (Å²) in [6.45, 7) is 7.77. The van der Waals surface area contributed by atoms with Crippen LogP contribution in [-0.2, 0) is 36.0 Å². The Morgan fingerprint density at radius 2 is 2.12 bits per heavy atom. The number of anilines is 2. The van der Waals surface area contributed by atoms with Crippen LogP contribution in [0.3, 0.4) is 0 Å². The van der Waals surface area contributed by atoms with E-state index in [1.807, 2.05) is 22.8 Å². The summed E-state index contributed by atoms with van der Waals surface area (Å²) in [5, 5.41) is 9.56. The number of benzene rings is 1. The highest BCUT2D eigenvalue weighted by Gasteiger charge is 2.34. The van der Waals surface area contributed by atoms with E-state index in [2.05, 4.69) is 46.0 Å². The maximum Gasteiger partial charge on any atom is 0.219 e. The lowest BCUT2D eigenvalue weighted by atomic mass is 9.91. The van der Waals surface area contributed by atoms with Gasteiger partial charge in [0.1, 0.15) is 0 Å². The Bertz CT molecular complexity index is 1240. The summed E-state index contributed by atoms with van der Waals surface area (Å²) in [5.74, 6) is 1.64. The van der Waals surface area contributed by atoms with Crippen LogP contribution in [0.2, 0.25) is 0 Å². The molecule has 6 rings (SSSR count). The van der Waals surface area contributed by atoms with Gasteiger partial charge in [-0.1, -0.05) is 13.0 Å². The second-order valence-corrected chi connectivity index (χ2v) is 10.1. The maximum absolute atomic E-state index is 12.2. The normalized spacial score (nSPS) is 22.1. The lowest BCUT2D eigenvalue weighted by Gasteiger charge is -2.35. The van der Waals surface area contributed by atoms with Crippen LogP contribution in [0.4, 0.5) is 11.5 Å². The van der Waals surface area contributed by atoms with Gasteiger partial charge in [0.15, 0.2) is 5.82 Å². The molecule has 0 radical (unpaired) electrons. The second kappa shape index (κ2) is 8.27. The molecule has 0 aliphatic carbocycles. The predicted molar refractivity (Wildman–Crippen MR) is 130 cm³/mol. The number of aryl methyl sites for hydroxylation is 1. The van der Waals surface area contributed by atoms with Crippen molar-refractivity contribution >= 4 is 17.4 Å². The number of nitrogens with zero attached hydrogens (tertiary/aromatic N) is 6. The maximum atomic E-state index is 12.2. The monoisotopic (exact) mass is 460 g/mol. The molecule has 3 aromatic rings. The van der Waals surface area contributed by atoms with Crippen LogP contribution in [0.25, 0.3) is 11.1 Å². The van der Waals surface area contributed by atoms with Crippen LogP contribution < -0.4 is 4.90 Å². The predicted octanol–water partition coefficient (Wildman–Crippen LogP) is 3.48. The van der Waals surface area contributed by atoms with Crippen LogP contribution in [0.5, 0.6) is 0 Å². The highest BCUT2D eigenvalue weighted by Crippen LogP contribution is 2.41. The highest BCUT2D eigenvalue weighted by molar-refractivity contribution is 5.76. The van der Waals surface area contributed by atoms with Gasteiger partial charge in [0.25, 0.3) is 0 Å². The minimum atomic E-state index is 0.127. The van der Waals surface area contributed by atoms with Crippen LogP contribution in [0.15, 0.2) is 30.6 Å². The van der Waals surface area contributed by atoms with Crippen LogP contribution in [-0.4, -0.2) is 56.7 Å². The van der Waals surface area contributed by atoms with Gasteiger partial charge in [0.05, 0.1) is 25.4 Å². The number of amides is 1. The largest absolute Gasteiger partial charge is 0.379 e. The number of ether oxygens (including phenoxy) is 1. The van der Waals surface area contributed by atoms with E-state index in [9.17, 15) is 4.79 Å². The molecule has 8 nitrogen and oxygen atoms in total. The van der Waals surface area contributed by atoms with Gasteiger partial charge >= 0.3 is 0 Å². The molecule has 2 atom stereocenters. The summed E-state index contributed by atoms with van der Waals surface area (Å²) >= 11 is 0. The topological polar surface area (TPSA) is 68.4 Å². The molecule has 0 saturated carbocycles. The van der Waals surface area contributed by atoms with E-state index in [-0.39, 0.29) is 11.9 Å². The first-order valence-corrected chi connectivity index (χ1v) is 12.3. The molecule has 1 saturated heterocycles. The van der Waals surface area contributed by atoms with Crippen LogP contribution >= 0.6 is 0 Å². The summed E-state index contributed by atoms with van der Waals surface area (Å²) in [4.78, 5) is 16.6. The highest BCUT2D eigenvalue weighted by atomic mass is 16.5. The summed E-state index contributed by atoms with van der Waals surface area (Å²) in [5.41, 5.74) is 7.36. The molecule has 0 N–H and O–H groups in total. The molecule has 178 valence electrons. The first kappa shape index (κ1) is 21.4. The van der Waals surface area contributed by atoms with Gasteiger partial charge in [-0.3, -0.25) is 14.2 Å². The lowest BCUT2D eigenvalue weighted by molar-refractivity contribution is -0.129. The molecule has 34 heavy (non-hydrogen) atoms. The Morgan fingerprint density at radius 1 is 1.24 bits per heavy atom. The van der Waals surface area contributed by atoms with Crippen LogP contribution in [0, 0.1) is 5.92 Å². The van der Waals surface area contributed by atoms with Crippen molar-refractivity contribution in [2.45, 2.75) is 45.7 Å². The Hall–Kier alpha value is -3.13. The molecule has 0 bridgehead atoms. The molecule has 3 aliphatic rings. The Balaban J connectivity index is 1.44. The number of rotatable bonds is 3. The van der Waals surface area contributed by atoms with E-state index in [0.717, 1.165) is 50.3 Å². The summed E-state index contributed by atoms with van der Waals surface area (Å²) in [6, 6.07) is 7.01. The first-order chi connectivity index (χ1) is 16.5. The van der Waals surface area contributed by atoms with Gasteiger partial charge in [-0.05, 0) is 42.0 Å². The summed E-state index contributed by atoms with van der Waals surface area (Å²) < 4.78 is 9.76. The molecular weight excluding hydrogens is 428 g/mol. The lowest BCUT2D eigenvalue weighted by Crippen LogP contribution is -2.36. The number of carbonyl (C=O) groups is 1. The summed E-state index contributed by atoms with van der Waals surface area (Å²) in [6.07, 6.45) is 6.85. The fourth-order valence-electron chi connectivity index (χ4n) is 5.74. The number of hydrogen-bond acceptors (Lipinski definition) is 5. The van der Waals surface area contributed by atoms with E-state index < -0.39 is 0 Å². The minimum Gasteiger partial charge on any atom is -0.379 e. The van der Waals surface area contributed by atoms with Gasteiger partial charge in [0, 0.05) is 68.8 Å². The van der Waals surface area contributed by atoms with Gasteiger partial charge < -0.3 is 14.5 Å². The molecule has 5 heterocycles. The van der Waals surface area contributed by atoms with Gasteiger partial charge in [-0.15, -0.1) is 0 Å². The molecule has 0 spiro atoms. The van der Waals surface area contributed by atoms with Crippen molar-refractivity contribution in [1.82, 2.24) is 24.5 Å². The van der Waals surface area contributed by atoms with E-state index in [0.29, 0.717) is 19.1 Å². The third-order valence-corrected chi connectivity index (χ3v) is 7.49. The SMILES string of the molecule is CC(=O)N1CCc2c(c(N3C[C@@H](C)Cc4cc(-c5cnn(C)c5)ccc43)nn2[C@H]2CCOC2)C1. The Labute approximate surface area is 200 Å². The zero-order valence-electron chi connectivity index (χ0n) is 20.2. The molecule has 1 amide bonds. The van der Waals surface area contributed by atoms with E-state index in [1.54, 1.807) is 6.92 Å². The molecule has 8 heteroatoms. The zero-order valence-corrected chi connectivity index (χ0v) is 20.2. The van der Waals surface area contributed by atoms with Crippen molar-refractivity contribution in [2.24, 2.45) is 13.0 Å². The molecule has 0 unspecified atom stereocenters. The van der Waals surface area contributed by atoms with Crippen molar-refractivity contribution < 1.29 is 9.53 Å². The molecule has 1 fully saturated rings. The summed E-state index contributed by atoms with van der Waals surface area (Å²) in [7, 11) is 1.95. The third-order valence-electron chi connectivity index (χ3n) is 7.49. The Morgan fingerprint density at radius 3 is 2.85 bits per heavy atom. The van der Waals surface area contributed by atoms with E-state index in [4.69, 9.17) is 9.84 Å². The fourth-order valence-corrected chi connectivity index (χ4v) is 5.74. The smallest absolute Gasteiger partial charge is 0.219 e. The molecule has 2 aromatic heterocycles. The van der Waals surface area contributed by atoms with Gasteiger partial charge in [-0.2, -0.15) is 10.2 Å². The average Bonchev–Trinajstić information content (AvgIpc) is 3.57. The average molecular weight is 461 g/mol. The van der Waals surface area contributed by atoms with Gasteiger partial charge in [-0.25, -0.2) is 0 Å². The quantitative estimate of drug-likeness (QED) is 0.599. The van der Waals surface area contributed by atoms with Crippen molar-refractivity contribution in [3.63, 3.8) is 0 Å². The number of hydrogen-bond donors (Lipinski definition) is 0. The van der Waals surface area contributed by atoms with E-state index >= 15 is 0 Å². The van der Waals surface area contributed by atoms with Crippen molar-refractivity contribution in [1.29, 1.82) is 0 Å². The van der Waals surface area contributed by atoms with Gasteiger partial charge in [0.2, 0.25) is 5.91 Å². The standard InChI is InChI=1S/C26H32N6O2/c1-17-10-20-11-19(21-12-27-29(3)14-21)4-5-24(20)31(13-17)26-23-15-30(18(2)33)8-6-25(23)32(28-26)22-7-9-34-16-22/h4-5,11-12,14,17,22H,6-10,13,15-16H2,1-3H3/t17-,22-/m0/s1. The zero-order chi connectivity index (χ0) is 23.4. The van der Waals surface area contributed by atoms with Crippen LogP contribution in [0.1, 0.15) is 43.1 Å². The van der Waals surface area contributed by atoms with Crippen molar-refractivity contribution in [3.05, 3.63) is 47.4 Å². The Kier molecular flexibility index (Phi) is 5.21. The molecular formula is C26H32N6O2. The number of carbonyl (C=O) groups excluding carboxylic acids is 1. The second-order valence-electron chi connectivity index (χ2n) is 10.1. The van der Waals surface area contributed by atoms with E-state index in [1.165, 1.54) is 28.1 Å². The first-order valence-electron chi connectivity index (χ1n) is 12.3. The fraction of sp³-hybridized carbons (Fsp3) is 0.500. The third kappa shape index (κ3) is 3.60. The number of aromatic nitrogens is 4. The van der Waals surface area contributed by atoms with Crippen molar-refractivity contribution in [3.8, 4) is 11.1 Å². The minimum absolute atomic E-state index is 0.127. The van der Waals surface area contributed by atoms with Crippen molar-refractivity contribution in [2.75, 3.05) is 31.2 Å².